The van der Waals surface area contributed by atoms with Gasteiger partial charge >= 0.3 is 0 Å². The quantitative estimate of drug-likeness (QED) is 0.903. The monoisotopic (exact) mass is 333 g/mol. The summed E-state index contributed by atoms with van der Waals surface area (Å²) in [6, 6.07) is 7.69. The number of likely N-dealkylation sites (tertiary alicyclic amines) is 1. The lowest BCUT2D eigenvalue weighted by Crippen LogP contribution is -2.47. The maximum absolute atomic E-state index is 12.5. The van der Waals surface area contributed by atoms with Crippen molar-refractivity contribution in [1.29, 1.82) is 0 Å². The number of nitrogens with one attached hydrogen (secondary N) is 1. The minimum Gasteiger partial charge on any atom is -0.393 e. The summed E-state index contributed by atoms with van der Waals surface area (Å²) < 4.78 is 1.08. The number of rotatable bonds is 4. The summed E-state index contributed by atoms with van der Waals surface area (Å²) >= 11 is 1.50. The molecule has 2 atom stereocenters. The topological polar surface area (TPSA) is 65.5 Å². The number of aromatic nitrogens is 1. The Morgan fingerprint density at radius 2 is 2.04 bits per heavy atom. The van der Waals surface area contributed by atoms with Crippen LogP contribution in [-0.2, 0) is 4.79 Å². The number of benzene rings is 1. The minimum atomic E-state index is -0.260. The van der Waals surface area contributed by atoms with Crippen molar-refractivity contribution in [2.24, 2.45) is 5.92 Å². The third kappa shape index (κ3) is 3.71. The fourth-order valence-corrected chi connectivity index (χ4v) is 3.96. The number of para-hydroxylation sites is 1. The number of anilines is 1. The van der Waals surface area contributed by atoms with E-state index in [1.807, 2.05) is 38.1 Å². The molecule has 0 aliphatic carbocycles. The summed E-state index contributed by atoms with van der Waals surface area (Å²) in [7, 11) is 0. The Hall–Kier alpha value is -1.50. The van der Waals surface area contributed by atoms with E-state index < -0.39 is 0 Å². The van der Waals surface area contributed by atoms with Crippen molar-refractivity contribution in [1.82, 2.24) is 9.88 Å². The van der Waals surface area contributed by atoms with Gasteiger partial charge in [-0.05, 0) is 57.8 Å². The predicted octanol–water partition coefficient (Wildman–Crippen LogP) is 2.72. The number of piperidine rings is 1. The molecule has 2 aromatic rings. The van der Waals surface area contributed by atoms with E-state index in [1.165, 1.54) is 11.3 Å². The van der Waals surface area contributed by atoms with E-state index in [-0.39, 0.29) is 18.1 Å². The van der Waals surface area contributed by atoms with Crippen LogP contribution in [0.25, 0.3) is 10.2 Å². The first kappa shape index (κ1) is 16.4. The fourth-order valence-electron chi connectivity index (χ4n) is 3.09. The number of aliphatic hydroxyl groups is 1. The number of hydrogen-bond donors (Lipinski definition) is 2. The zero-order valence-corrected chi connectivity index (χ0v) is 14.3. The molecule has 1 aliphatic rings. The summed E-state index contributed by atoms with van der Waals surface area (Å²) in [5.74, 6) is 0.338. The Bertz CT molecular complexity index is 644. The third-order valence-corrected chi connectivity index (χ3v) is 5.66. The summed E-state index contributed by atoms with van der Waals surface area (Å²) in [6.07, 6.45) is 1.62. The number of carbonyl (C=O) groups is 1. The van der Waals surface area contributed by atoms with Crippen LogP contribution in [-0.4, -0.2) is 46.1 Å². The van der Waals surface area contributed by atoms with Crippen LogP contribution in [0.3, 0.4) is 0 Å². The van der Waals surface area contributed by atoms with E-state index in [1.54, 1.807) is 0 Å². The molecule has 0 spiro atoms. The van der Waals surface area contributed by atoms with Gasteiger partial charge in [-0.15, -0.1) is 0 Å². The van der Waals surface area contributed by atoms with E-state index in [2.05, 4.69) is 15.2 Å². The molecule has 2 N–H and O–H groups in total. The lowest BCUT2D eigenvalue weighted by atomic mass is 9.91. The third-order valence-electron chi connectivity index (χ3n) is 4.71. The number of amides is 1. The molecule has 124 valence electrons. The van der Waals surface area contributed by atoms with Crippen molar-refractivity contribution in [2.75, 3.05) is 18.4 Å². The number of aliphatic hydroxyl groups excluding tert-OH is 1. The Labute approximate surface area is 140 Å². The maximum atomic E-state index is 12.5. The molecule has 1 saturated heterocycles. The molecule has 1 aromatic carbocycles. The molecule has 1 fully saturated rings. The van der Waals surface area contributed by atoms with Crippen LogP contribution in [0.15, 0.2) is 24.3 Å². The second kappa shape index (κ2) is 6.95. The molecular weight excluding hydrogens is 310 g/mol. The van der Waals surface area contributed by atoms with Crippen LogP contribution in [0, 0.1) is 5.92 Å². The molecule has 0 saturated carbocycles. The molecule has 0 radical (unpaired) electrons. The normalized spacial score (nSPS) is 19.6. The average Bonchev–Trinajstić information content (AvgIpc) is 2.96. The lowest BCUT2D eigenvalue weighted by molar-refractivity contribution is -0.121. The lowest BCUT2D eigenvalue weighted by Gasteiger charge is -2.36. The van der Waals surface area contributed by atoms with Gasteiger partial charge in [0.2, 0.25) is 5.91 Å². The first-order valence-electron chi connectivity index (χ1n) is 8.13. The number of hydrogen-bond acceptors (Lipinski definition) is 5. The summed E-state index contributed by atoms with van der Waals surface area (Å²) in [4.78, 5) is 19.1. The van der Waals surface area contributed by atoms with Crippen LogP contribution < -0.4 is 5.32 Å². The van der Waals surface area contributed by atoms with Crippen LogP contribution in [0.5, 0.6) is 0 Å². The Morgan fingerprint density at radius 1 is 1.35 bits per heavy atom. The van der Waals surface area contributed by atoms with E-state index in [4.69, 9.17) is 0 Å². The smallest absolute Gasteiger partial charge is 0.243 e. The van der Waals surface area contributed by atoms with Gasteiger partial charge in [-0.2, -0.15) is 0 Å². The predicted molar refractivity (Wildman–Crippen MR) is 93.7 cm³/mol. The highest BCUT2D eigenvalue weighted by atomic mass is 32.1. The fraction of sp³-hybridized carbons (Fsp3) is 0.529. The second-order valence-corrected chi connectivity index (χ2v) is 7.30. The molecule has 1 aromatic heterocycles. The van der Waals surface area contributed by atoms with Gasteiger partial charge in [0.15, 0.2) is 5.13 Å². The molecule has 2 heterocycles. The average molecular weight is 333 g/mol. The van der Waals surface area contributed by atoms with Crippen LogP contribution in [0.1, 0.15) is 26.7 Å². The molecule has 0 bridgehead atoms. The van der Waals surface area contributed by atoms with Crippen molar-refractivity contribution in [3.05, 3.63) is 24.3 Å². The minimum absolute atomic E-state index is 0.0143. The number of carbonyl (C=O) groups excluding carboxylic acids is 1. The number of thiazole rings is 1. The number of nitrogens with zero attached hydrogens (tertiary/aromatic N) is 2. The van der Waals surface area contributed by atoms with Crippen LogP contribution in [0.2, 0.25) is 0 Å². The van der Waals surface area contributed by atoms with Crippen molar-refractivity contribution >= 4 is 32.6 Å². The molecule has 5 nitrogen and oxygen atoms in total. The van der Waals surface area contributed by atoms with Gasteiger partial charge in [-0.1, -0.05) is 23.5 Å². The van der Waals surface area contributed by atoms with Crippen molar-refractivity contribution in [2.45, 2.75) is 38.8 Å². The van der Waals surface area contributed by atoms with Gasteiger partial charge < -0.3 is 10.4 Å². The Kier molecular flexibility index (Phi) is 4.94. The van der Waals surface area contributed by atoms with E-state index in [9.17, 15) is 9.90 Å². The van der Waals surface area contributed by atoms with Gasteiger partial charge in [0, 0.05) is 0 Å². The molecule has 1 amide bonds. The highest BCUT2D eigenvalue weighted by Gasteiger charge is 2.28. The van der Waals surface area contributed by atoms with Gasteiger partial charge in [0.1, 0.15) is 0 Å². The Morgan fingerprint density at radius 3 is 2.70 bits per heavy atom. The van der Waals surface area contributed by atoms with Crippen molar-refractivity contribution in [3.63, 3.8) is 0 Å². The molecule has 1 aliphatic heterocycles. The molecular formula is C17H23N3O2S. The van der Waals surface area contributed by atoms with Gasteiger partial charge in [-0.25, -0.2) is 4.98 Å². The summed E-state index contributed by atoms with van der Waals surface area (Å²) in [5.41, 5.74) is 0.915. The molecule has 6 heteroatoms. The summed E-state index contributed by atoms with van der Waals surface area (Å²) in [5, 5.41) is 13.3. The van der Waals surface area contributed by atoms with Gasteiger partial charge in [0.05, 0.1) is 22.4 Å². The second-order valence-electron chi connectivity index (χ2n) is 6.27. The largest absolute Gasteiger partial charge is 0.393 e. The zero-order valence-electron chi connectivity index (χ0n) is 13.5. The standard InChI is InChI=1S/C17H23N3O2S/c1-11(20-9-7-13(8-10-20)12(2)21)16(22)19-17-18-14-5-3-4-6-15(14)23-17/h3-6,11-13,21H,7-10H2,1-2H3,(H,18,19,22). The maximum Gasteiger partial charge on any atom is 0.243 e. The highest BCUT2D eigenvalue weighted by molar-refractivity contribution is 7.22. The SMILES string of the molecule is CC(O)C1CCN(C(C)C(=O)Nc2nc3ccccc3s2)CC1. The van der Waals surface area contributed by atoms with Crippen molar-refractivity contribution < 1.29 is 9.90 Å². The van der Waals surface area contributed by atoms with Crippen LogP contribution >= 0.6 is 11.3 Å². The zero-order chi connectivity index (χ0) is 16.4. The molecule has 3 rings (SSSR count). The van der Waals surface area contributed by atoms with Gasteiger partial charge in [-0.3, -0.25) is 9.69 Å². The molecule has 2 unspecified atom stereocenters. The summed E-state index contributed by atoms with van der Waals surface area (Å²) in [6.45, 7) is 5.49. The molecule has 23 heavy (non-hydrogen) atoms. The first-order chi connectivity index (χ1) is 11.0. The van der Waals surface area contributed by atoms with Crippen LogP contribution in [0.4, 0.5) is 5.13 Å². The highest BCUT2D eigenvalue weighted by Crippen LogP contribution is 2.26. The first-order valence-corrected chi connectivity index (χ1v) is 8.95. The van der Waals surface area contributed by atoms with E-state index >= 15 is 0 Å². The Balaban J connectivity index is 1.59. The van der Waals surface area contributed by atoms with Crippen molar-refractivity contribution in [3.8, 4) is 0 Å². The van der Waals surface area contributed by atoms with Gasteiger partial charge in [0.25, 0.3) is 0 Å². The number of fused-ring (bicyclic) bond motifs is 1. The van der Waals surface area contributed by atoms with E-state index in [0.29, 0.717) is 11.0 Å². The van der Waals surface area contributed by atoms with E-state index in [0.717, 1.165) is 36.1 Å².